The van der Waals surface area contributed by atoms with Crippen LogP contribution in [0.2, 0.25) is 0 Å². The van der Waals surface area contributed by atoms with E-state index in [0.717, 1.165) is 72.7 Å². The van der Waals surface area contributed by atoms with E-state index in [1.807, 2.05) is 0 Å². The molecule has 0 aliphatic heterocycles. The summed E-state index contributed by atoms with van der Waals surface area (Å²) < 4.78 is 0. The van der Waals surface area contributed by atoms with Crippen molar-refractivity contribution in [1.29, 1.82) is 0 Å². The maximum atomic E-state index is 5.42. The van der Waals surface area contributed by atoms with Crippen LogP contribution in [0.15, 0.2) is 40.3 Å². The second kappa shape index (κ2) is 10.1. The highest BCUT2D eigenvalue weighted by molar-refractivity contribution is 6.06. The molecule has 0 unspecified atom stereocenters. The van der Waals surface area contributed by atoms with Gasteiger partial charge in [0.2, 0.25) is 0 Å². The maximum Gasteiger partial charge on any atom is 0.0884 e. The van der Waals surface area contributed by atoms with Crippen LogP contribution in [-0.4, -0.2) is 16.4 Å². The van der Waals surface area contributed by atoms with Gasteiger partial charge in [-0.3, -0.25) is 9.98 Å². The van der Waals surface area contributed by atoms with Gasteiger partial charge in [-0.1, -0.05) is 41.5 Å². The first-order valence-electron chi connectivity index (χ1n) is 13.6. The number of fused-ring (bicyclic) bond motifs is 2. The number of hydrogen-bond donors (Lipinski definition) is 0. The summed E-state index contributed by atoms with van der Waals surface area (Å²) in [6, 6.07) is 11.4. The van der Waals surface area contributed by atoms with E-state index in [0.29, 0.717) is 0 Å². The number of benzene rings is 2. The van der Waals surface area contributed by atoms with Crippen molar-refractivity contribution in [1.82, 2.24) is 4.98 Å². The quantitative estimate of drug-likeness (QED) is 0.340. The predicted octanol–water partition coefficient (Wildman–Crippen LogP) is 8.63. The molecule has 3 heteroatoms. The molecular weight excluding hydrogens is 438 g/mol. The highest BCUT2D eigenvalue weighted by atomic mass is 14.9. The third kappa shape index (κ3) is 4.93. The van der Waals surface area contributed by atoms with Crippen LogP contribution in [0.5, 0.6) is 0 Å². The van der Waals surface area contributed by atoms with E-state index >= 15 is 0 Å². The molecule has 0 saturated heterocycles. The summed E-state index contributed by atoms with van der Waals surface area (Å²) in [6.07, 6.45) is 8.84. The topological polar surface area (TPSA) is 37.6 Å². The van der Waals surface area contributed by atoms with Crippen LogP contribution < -0.4 is 0 Å². The van der Waals surface area contributed by atoms with E-state index < -0.39 is 0 Å². The molecule has 0 spiro atoms. The zero-order valence-electron chi connectivity index (χ0n) is 22.9. The van der Waals surface area contributed by atoms with Crippen LogP contribution in [0.3, 0.4) is 0 Å². The van der Waals surface area contributed by atoms with Crippen molar-refractivity contribution in [2.75, 3.05) is 0 Å². The lowest BCUT2D eigenvalue weighted by Crippen LogP contribution is -2.13. The SMILES string of the molecule is Cc1cc(C)c(N=C2CCCCc3cc4c(nc32)C(=Nc2c(C)cc(C)cc2C)CCCC4)c(C)c1. The summed E-state index contributed by atoms with van der Waals surface area (Å²) >= 11 is 0. The molecule has 5 rings (SSSR count). The normalized spacial score (nSPS) is 18.1. The molecule has 186 valence electrons. The average molecular weight is 478 g/mol. The molecule has 2 aliphatic carbocycles. The largest absolute Gasteiger partial charge is 0.251 e. The molecule has 36 heavy (non-hydrogen) atoms. The lowest BCUT2D eigenvalue weighted by Gasteiger charge is -2.16. The highest BCUT2D eigenvalue weighted by Gasteiger charge is 2.23. The van der Waals surface area contributed by atoms with E-state index in [4.69, 9.17) is 15.0 Å². The van der Waals surface area contributed by atoms with Crippen LogP contribution in [0.1, 0.15) is 94.4 Å². The second-order valence-corrected chi connectivity index (χ2v) is 11.0. The van der Waals surface area contributed by atoms with E-state index in [2.05, 4.69) is 71.9 Å². The number of aliphatic imine (C=N–C) groups is 2. The average Bonchev–Trinajstić information content (AvgIpc) is 3.13. The molecule has 0 amide bonds. The van der Waals surface area contributed by atoms with Gasteiger partial charge in [0.25, 0.3) is 0 Å². The van der Waals surface area contributed by atoms with Crippen LogP contribution >= 0.6 is 0 Å². The van der Waals surface area contributed by atoms with Crippen molar-refractivity contribution in [3.63, 3.8) is 0 Å². The first-order chi connectivity index (χ1) is 17.3. The Kier molecular flexibility index (Phi) is 6.92. The Hall–Kier alpha value is -3.07. The number of pyridine rings is 1. The Morgan fingerprint density at radius 1 is 0.500 bits per heavy atom. The minimum Gasteiger partial charge on any atom is -0.251 e. The minimum atomic E-state index is 0.980. The van der Waals surface area contributed by atoms with E-state index in [9.17, 15) is 0 Å². The smallest absolute Gasteiger partial charge is 0.0884 e. The zero-order chi connectivity index (χ0) is 25.4. The van der Waals surface area contributed by atoms with Crippen molar-refractivity contribution >= 4 is 22.8 Å². The van der Waals surface area contributed by atoms with Crippen molar-refractivity contribution in [3.8, 4) is 0 Å². The number of nitrogens with zero attached hydrogens (tertiary/aromatic N) is 3. The van der Waals surface area contributed by atoms with E-state index in [1.165, 1.54) is 57.3 Å². The zero-order valence-corrected chi connectivity index (χ0v) is 22.9. The number of rotatable bonds is 2. The molecule has 2 aliphatic rings. The van der Waals surface area contributed by atoms with Crippen LogP contribution in [-0.2, 0) is 12.8 Å². The van der Waals surface area contributed by atoms with Gasteiger partial charge in [0, 0.05) is 0 Å². The molecule has 0 N–H and O–H groups in total. The molecule has 0 bridgehead atoms. The maximum absolute atomic E-state index is 5.42. The molecule has 0 atom stereocenters. The van der Waals surface area contributed by atoms with Gasteiger partial charge < -0.3 is 0 Å². The van der Waals surface area contributed by atoms with Gasteiger partial charge >= 0.3 is 0 Å². The Morgan fingerprint density at radius 2 is 0.861 bits per heavy atom. The number of hydrogen-bond acceptors (Lipinski definition) is 3. The summed E-state index contributed by atoms with van der Waals surface area (Å²) in [5.41, 5.74) is 17.0. The summed E-state index contributed by atoms with van der Waals surface area (Å²) in [4.78, 5) is 16.0. The molecule has 2 aromatic carbocycles. The Morgan fingerprint density at radius 3 is 1.25 bits per heavy atom. The molecular formula is C33H39N3. The first-order valence-corrected chi connectivity index (χ1v) is 13.6. The summed E-state index contributed by atoms with van der Waals surface area (Å²) in [7, 11) is 0. The van der Waals surface area contributed by atoms with Crippen LogP contribution in [0.4, 0.5) is 11.4 Å². The van der Waals surface area contributed by atoms with Gasteiger partial charge in [0.05, 0.1) is 34.2 Å². The Labute approximate surface area is 216 Å². The fourth-order valence-corrected chi connectivity index (χ4v) is 6.12. The fraction of sp³-hybridized carbons (Fsp3) is 0.424. The second-order valence-electron chi connectivity index (χ2n) is 11.0. The standard InChI is InChI=1S/C33H39N3/c1-20-15-22(3)30(23(4)16-20)34-28-13-9-7-11-26-19-27-12-8-10-14-29(33(27)36-32(26)28)35-31-24(5)17-21(2)18-25(31)6/h15-19H,7-14H2,1-6H3. The van der Waals surface area contributed by atoms with Gasteiger partial charge in [-0.25, -0.2) is 4.98 Å². The van der Waals surface area contributed by atoms with Gasteiger partial charge in [-0.05, 0) is 126 Å². The summed E-state index contributed by atoms with van der Waals surface area (Å²) in [5.74, 6) is 0. The van der Waals surface area contributed by atoms with Gasteiger partial charge in [0.1, 0.15) is 0 Å². The van der Waals surface area contributed by atoms with E-state index in [-0.39, 0.29) is 0 Å². The van der Waals surface area contributed by atoms with Crippen molar-refractivity contribution < 1.29 is 0 Å². The van der Waals surface area contributed by atoms with Crippen molar-refractivity contribution in [2.24, 2.45) is 9.98 Å². The number of aryl methyl sites for hydroxylation is 8. The van der Waals surface area contributed by atoms with Crippen molar-refractivity contribution in [3.05, 3.63) is 86.2 Å². The third-order valence-electron chi connectivity index (χ3n) is 7.71. The van der Waals surface area contributed by atoms with E-state index in [1.54, 1.807) is 0 Å². The fourth-order valence-electron chi connectivity index (χ4n) is 6.12. The molecule has 1 aromatic heterocycles. The third-order valence-corrected chi connectivity index (χ3v) is 7.71. The van der Waals surface area contributed by atoms with Crippen molar-refractivity contribution in [2.45, 2.75) is 92.9 Å². The summed E-state index contributed by atoms with van der Waals surface area (Å²) in [6.45, 7) is 13.0. The lowest BCUT2D eigenvalue weighted by atomic mass is 9.99. The van der Waals surface area contributed by atoms with Gasteiger partial charge in [0.15, 0.2) is 0 Å². The van der Waals surface area contributed by atoms with Gasteiger partial charge in [-0.2, -0.15) is 0 Å². The minimum absolute atomic E-state index is 0.980. The molecule has 3 aromatic rings. The molecule has 0 saturated carbocycles. The molecule has 3 nitrogen and oxygen atoms in total. The summed E-state index contributed by atoms with van der Waals surface area (Å²) in [5, 5.41) is 0. The molecule has 0 fully saturated rings. The Bertz CT molecular complexity index is 1240. The molecule has 1 heterocycles. The van der Waals surface area contributed by atoms with Gasteiger partial charge in [-0.15, -0.1) is 0 Å². The Balaban J connectivity index is 1.68. The first kappa shape index (κ1) is 24.6. The monoisotopic (exact) mass is 477 g/mol. The number of aromatic nitrogens is 1. The van der Waals surface area contributed by atoms with Crippen LogP contribution in [0.25, 0.3) is 0 Å². The van der Waals surface area contributed by atoms with Crippen LogP contribution in [0, 0.1) is 41.5 Å². The highest BCUT2D eigenvalue weighted by Crippen LogP contribution is 2.32. The lowest BCUT2D eigenvalue weighted by molar-refractivity contribution is 0.765. The predicted molar refractivity (Wildman–Crippen MR) is 153 cm³/mol. The molecule has 0 radical (unpaired) electrons.